The number of anilines is 1. The molecular weight excluding hydrogens is 476 g/mol. The molecule has 3 N–H and O–H groups in total. The zero-order chi connectivity index (χ0) is 27.1. The number of likely N-dealkylation sites (N-methyl/N-ethyl adjacent to an activating group) is 1. The molecule has 0 fully saturated rings. The summed E-state index contributed by atoms with van der Waals surface area (Å²) < 4.78 is 0. The van der Waals surface area contributed by atoms with E-state index in [0.29, 0.717) is 56.7 Å². The summed E-state index contributed by atoms with van der Waals surface area (Å²) in [6, 6.07) is 23.2. The average molecular weight is 515 g/mol. The third-order valence-electron chi connectivity index (χ3n) is 7.25. The molecule has 1 heterocycles. The maximum atomic E-state index is 13.5. The largest absolute Gasteiger partial charge is 0.391 e. The first-order valence-electron chi connectivity index (χ1n) is 13.3. The summed E-state index contributed by atoms with van der Waals surface area (Å²) in [7, 11) is 1.79. The van der Waals surface area contributed by atoms with Crippen molar-refractivity contribution in [3.63, 3.8) is 0 Å². The van der Waals surface area contributed by atoms with Crippen LogP contribution in [0.4, 0.5) is 5.69 Å². The fourth-order valence-electron chi connectivity index (χ4n) is 5.06. The van der Waals surface area contributed by atoms with Crippen molar-refractivity contribution in [3.05, 3.63) is 101 Å². The van der Waals surface area contributed by atoms with Gasteiger partial charge in [0.1, 0.15) is 0 Å². The van der Waals surface area contributed by atoms with Crippen LogP contribution in [0.15, 0.2) is 72.8 Å². The molecule has 3 aromatic carbocycles. The van der Waals surface area contributed by atoms with Gasteiger partial charge in [-0.3, -0.25) is 9.59 Å². The van der Waals surface area contributed by atoms with Gasteiger partial charge in [-0.2, -0.15) is 0 Å². The molecule has 0 saturated heterocycles. The molecule has 0 aliphatic carbocycles. The third kappa shape index (κ3) is 6.41. The molecule has 0 aromatic heterocycles. The minimum Gasteiger partial charge on any atom is -0.391 e. The molecule has 7 heteroatoms. The zero-order valence-corrected chi connectivity index (χ0v) is 22.3. The fraction of sp³-hybridized carbons (Fsp3) is 0.355. The van der Waals surface area contributed by atoms with Gasteiger partial charge in [-0.05, 0) is 54.7 Å². The summed E-state index contributed by atoms with van der Waals surface area (Å²) in [5.74, 6) is -0.205. The number of β-amino-alcohol motifs (C(OH)–C–C–N with tert-alkyl or cyclic N) is 1. The van der Waals surface area contributed by atoms with E-state index in [9.17, 15) is 14.7 Å². The maximum absolute atomic E-state index is 13.5. The van der Waals surface area contributed by atoms with Gasteiger partial charge in [0.05, 0.1) is 17.4 Å². The van der Waals surface area contributed by atoms with Crippen LogP contribution in [-0.2, 0) is 19.5 Å². The molecule has 0 radical (unpaired) electrons. The van der Waals surface area contributed by atoms with Crippen molar-refractivity contribution in [2.24, 2.45) is 5.73 Å². The van der Waals surface area contributed by atoms with Crippen LogP contribution in [0.1, 0.15) is 50.8 Å². The molecule has 7 nitrogen and oxygen atoms in total. The number of aliphatic hydroxyl groups excluding tert-OH is 1. The normalized spacial score (nSPS) is 14.2. The first-order chi connectivity index (χ1) is 18.4. The van der Waals surface area contributed by atoms with Crippen LogP contribution in [0.5, 0.6) is 0 Å². The third-order valence-corrected chi connectivity index (χ3v) is 7.25. The van der Waals surface area contributed by atoms with E-state index in [-0.39, 0.29) is 18.4 Å². The van der Waals surface area contributed by atoms with Crippen molar-refractivity contribution in [3.8, 4) is 0 Å². The van der Waals surface area contributed by atoms with Crippen LogP contribution >= 0.6 is 0 Å². The van der Waals surface area contributed by atoms with Crippen molar-refractivity contribution < 1.29 is 14.7 Å². The average Bonchev–Trinajstić information content (AvgIpc) is 3.07. The second-order valence-electron chi connectivity index (χ2n) is 9.87. The molecule has 200 valence electrons. The van der Waals surface area contributed by atoms with Crippen LogP contribution in [-0.4, -0.2) is 66.1 Å². The Morgan fingerprint density at radius 1 is 1.00 bits per heavy atom. The van der Waals surface area contributed by atoms with Crippen molar-refractivity contribution in [2.45, 2.75) is 39.0 Å². The molecule has 3 aromatic rings. The lowest BCUT2D eigenvalue weighted by Gasteiger charge is -2.25. The summed E-state index contributed by atoms with van der Waals surface area (Å²) in [6.07, 6.45) is 0.608. The molecule has 1 unspecified atom stereocenters. The van der Waals surface area contributed by atoms with Crippen LogP contribution in [0.3, 0.4) is 0 Å². The van der Waals surface area contributed by atoms with Gasteiger partial charge in [0, 0.05) is 51.9 Å². The smallest absolute Gasteiger partial charge is 0.256 e. The number of hydrogen-bond acceptors (Lipinski definition) is 5. The second kappa shape index (κ2) is 12.7. The van der Waals surface area contributed by atoms with Gasteiger partial charge in [-0.25, -0.2) is 0 Å². The monoisotopic (exact) mass is 514 g/mol. The minimum atomic E-state index is -0.645. The fourth-order valence-corrected chi connectivity index (χ4v) is 5.06. The van der Waals surface area contributed by atoms with E-state index < -0.39 is 6.10 Å². The van der Waals surface area contributed by atoms with E-state index in [1.807, 2.05) is 67.6 Å². The molecule has 0 bridgehead atoms. The number of hydrogen-bond donors (Lipinski definition) is 2. The molecule has 1 aliphatic heterocycles. The van der Waals surface area contributed by atoms with Gasteiger partial charge in [-0.15, -0.1) is 0 Å². The van der Waals surface area contributed by atoms with Gasteiger partial charge in [-0.1, -0.05) is 54.6 Å². The van der Waals surface area contributed by atoms with Crippen LogP contribution in [0.2, 0.25) is 0 Å². The highest BCUT2D eigenvalue weighted by Gasteiger charge is 2.28. The molecular formula is C31H38N4O3. The number of rotatable bonds is 10. The lowest BCUT2D eigenvalue weighted by atomic mass is 10.0. The number of aryl methyl sites for hydroxylation is 1. The Hall–Kier alpha value is -3.68. The topological polar surface area (TPSA) is 90.1 Å². The van der Waals surface area contributed by atoms with E-state index in [0.717, 1.165) is 22.4 Å². The molecule has 0 spiro atoms. The van der Waals surface area contributed by atoms with E-state index in [1.165, 1.54) is 0 Å². The van der Waals surface area contributed by atoms with Crippen molar-refractivity contribution in [1.82, 2.24) is 9.80 Å². The molecule has 1 atom stereocenters. The van der Waals surface area contributed by atoms with Crippen molar-refractivity contribution in [2.75, 3.05) is 38.1 Å². The van der Waals surface area contributed by atoms with Crippen LogP contribution in [0, 0.1) is 0 Å². The number of carbonyl (C=O) groups excluding carboxylic acids is 2. The Balaban J connectivity index is 1.46. The van der Waals surface area contributed by atoms with Crippen molar-refractivity contribution in [1.29, 1.82) is 0 Å². The number of nitrogens with two attached hydrogens (primary N) is 1. The molecule has 0 saturated carbocycles. The van der Waals surface area contributed by atoms with Gasteiger partial charge in [0.2, 0.25) is 0 Å². The predicted octanol–water partition coefficient (Wildman–Crippen LogP) is 3.69. The first-order valence-corrected chi connectivity index (χ1v) is 13.3. The molecule has 38 heavy (non-hydrogen) atoms. The lowest BCUT2D eigenvalue weighted by Crippen LogP contribution is -2.39. The standard InChI is InChI=1S/C31H38N4O3/c1-3-34-17-18-35(22-27(36)15-13-24-11-7-8-12-26(24)20-32)31(38)28-16-14-25(19-29(28)34)30(37)33(2)21-23-9-5-4-6-10-23/h4-12,14,16,19,27,36H,3,13,15,17-18,20-22,32H2,1-2H3. The predicted molar refractivity (Wildman–Crippen MR) is 151 cm³/mol. The molecule has 2 amide bonds. The number of fused-ring (bicyclic) bond motifs is 1. The number of aliphatic hydroxyl groups is 1. The highest BCUT2D eigenvalue weighted by molar-refractivity contribution is 6.03. The Bertz CT molecular complexity index is 1250. The van der Waals surface area contributed by atoms with Gasteiger partial charge in [0.25, 0.3) is 11.8 Å². The minimum absolute atomic E-state index is 0.0885. The molecule has 4 rings (SSSR count). The van der Waals surface area contributed by atoms with E-state index in [4.69, 9.17) is 5.73 Å². The van der Waals surface area contributed by atoms with Crippen LogP contribution in [0.25, 0.3) is 0 Å². The Morgan fingerprint density at radius 2 is 1.68 bits per heavy atom. The first kappa shape index (κ1) is 27.4. The van der Waals surface area contributed by atoms with Crippen molar-refractivity contribution >= 4 is 17.5 Å². The van der Waals surface area contributed by atoms with Gasteiger partial charge in [0.15, 0.2) is 0 Å². The van der Waals surface area contributed by atoms with E-state index in [2.05, 4.69) is 4.90 Å². The number of amides is 2. The number of nitrogens with zero attached hydrogens (tertiary/aromatic N) is 3. The Kier molecular flexibility index (Phi) is 9.15. The highest BCUT2D eigenvalue weighted by atomic mass is 16.3. The Labute approximate surface area is 225 Å². The summed E-state index contributed by atoms with van der Waals surface area (Å²) in [5, 5.41) is 10.8. The maximum Gasteiger partial charge on any atom is 0.256 e. The Morgan fingerprint density at radius 3 is 2.39 bits per heavy atom. The lowest BCUT2D eigenvalue weighted by molar-refractivity contribution is 0.0623. The second-order valence-corrected chi connectivity index (χ2v) is 9.87. The summed E-state index contributed by atoms with van der Waals surface area (Å²) in [5.41, 5.74) is 11.0. The molecule has 1 aliphatic rings. The summed E-state index contributed by atoms with van der Waals surface area (Å²) in [4.78, 5) is 32.3. The summed E-state index contributed by atoms with van der Waals surface area (Å²) in [6.45, 7) is 5.14. The SMILES string of the molecule is CCN1CCN(CC(O)CCc2ccccc2CN)C(=O)c2ccc(C(=O)N(C)Cc3ccccc3)cc21. The van der Waals surface area contributed by atoms with Gasteiger partial charge >= 0.3 is 0 Å². The number of benzene rings is 3. The quantitative estimate of drug-likeness (QED) is 0.431. The number of carbonyl (C=O) groups is 2. The van der Waals surface area contributed by atoms with Gasteiger partial charge < -0.3 is 25.5 Å². The highest BCUT2D eigenvalue weighted by Crippen LogP contribution is 2.28. The zero-order valence-electron chi connectivity index (χ0n) is 22.3. The summed E-state index contributed by atoms with van der Waals surface area (Å²) >= 11 is 0. The van der Waals surface area contributed by atoms with E-state index in [1.54, 1.807) is 29.0 Å². The van der Waals surface area contributed by atoms with E-state index >= 15 is 0 Å². The van der Waals surface area contributed by atoms with Crippen LogP contribution < -0.4 is 10.6 Å².